The monoisotopic (exact) mass is 347 g/mol. The Balaban J connectivity index is 2.25. The van der Waals surface area contributed by atoms with Crippen LogP contribution in [0, 0.1) is 19.3 Å². The molecular weight excluding hydrogens is 310 g/mol. The number of rotatable bonds is 12. The third kappa shape index (κ3) is 8.42. The van der Waals surface area contributed by atoms with Gasteiger partial charge in [0.2, 0.25) is 5.91 Å². The highest BCUT2D eigenvalue weighted by Crippen LogP contribution is 2.24. The number of benzene rings is 1. The van der Waals surface area contributed by atoms with Crippen molar-refractivity contribution in [3.05, 3.63) is 29.3 Å². The van der Waals surface area contributed by atoms with Gasteiger partial charge >= 0.3 is 0 Å². The zero-order valence-electron chi connectivity index (χ0n) is 16.9. The Morgan fingerprint density at radius 1 is 1.08 bits per heavy atom. The molecule has 25 heavy (non-hydrogen) atoms. The number of carbonyl (C=O) groups excluding carboxylic acids is 1. The summed E-state index contributed by atoms with van der Waals surface area (Å²) in [7, 11) is 0. The molecule has 1 aromatic carbocycles. The van der Waals surface area contributed by atoms with E-state index in [9.17, 15) is 4.79 Å². The summed E-state index contributed by atoms with van der Waals surface area (Å²) in [4.78, 5) is 12.4. The lowest BCUT2D eigenvalue weighted by molar-refractivity contribution is -0.129. The van der Waals surface area contributed by atoms with Gasteiger partial charge in [-0.05, 0) is 50.3 Å². The van der Waals surface area contributed by atoms with E-state index in [4.69, 9.17) is 4.74 Å². The Bertz CT molecular complexity index is 523. The molecule has 0 aliphatic carbocycles. The number of carbonyl (C=O) groups is 1. The largest absolute Gasteiger partial charge is 0.493 e. The maximum absolute atomic E-state index is 12.4. The van der Waals surface area contributed by atoms with Crippen LogP contribution in [0.15, 0.2) is 18.2 Å². The number of hydrogen-bond donors (Lipinski definition) is 1. The predicted molar refractivity (Wildman–Crippen MR) is 106 cm³/mol. The summed E-state index contributed by atoms with van der Waals surface area (Å²) in [5.41, 5.74) is 2.03. The van der Waals surface area contributed by atoms with Crippen LogP contribution in [-0.4, -0.2) is 19.1 Å². The first-order valence-electron chi connectivity index (χ1n) is 9.85. The summed E-state index contributed by atoms with van der Waals surface area (Å²) in [6, 6.07) is 6.26. The normalized spacial score (nSPS) is 11.4. The van der Waals surface area contributed by atoms with E-state index in [2.05, 4.69) is 44.3 Å². The smallest absolute Gasteiger partial charge is 0.225 e. The highest BCUT2D eigenvalue weighted by Gasteiger charge is 2.26. The van der Waals surface area contributed by atoms with E-state index in [0.717, 1.165) is 37.1 Å². The lowest BCUT2D eigenvalue weighted by Crippen LogP contribution is -2.37. The Kier molecular flexibility index (Phi) is 9.62. The number of amides is 1. The van der Waals surface area contributed by atoms with E-state index in [1.54, 1.807) is 0 Å². The van der Waals surface area contributed by atoms with E-state index < -0.39 is 0 Å². The summed E-state index contributed by atoms with van der Waals surface area (Å²) >= 11 is 0. The van der Waals surface area contributed by atoms with Gasteiger partial charge in [0.25, 0.3) is 0 Å². The van der Waals surface area contributed by atoms with Gasteiger partial charge < -0.3 is 10.1 Å². The van der Waals surface area contributed by atoms with Crippen molar-refractivity contribution in [2.24, 2.45) is 5.41 Å². The molecule has 0 aliphatic heterocycles. The number of nitrogens with one attached hydrogen (secondary N) is 1. The van der Waals surface area contributed by atoms with Crippen molar-refractivity contribution in [2.75, 3.05) is 13.2 Å². The molecule has 0 atom stereocenters. The third-order valence-electron chi connectivity index (χ3n) is 4.73. The molecule has 0 aromatic heterocycles. The number of aryl methyl sites for hydroxylation is 2. The number of unbranched alkanes of at least 4 members (excludes halogenated alkanes) is 4. The second kappa shape index (κ2) is 11.2. The van der Waals surface area contributed by atoms with Crippen molar-refractivity contribution in [1.29, 1.82) is 0 Å². The molecule has 0 aliphatic rings. The van der Waals surface area contributed by atoms with Crippen molar-refractivity contribution in [3.63, 3.8) is 0 Å². The van der Waals surface area contributed by atoms with Crippen molar-refractivity contribution >= 4 is 5.91 Å². The van der Waals surface area contributed by atoms with Gasteiger partial charge in [-0.2, -0.15) is 0 Å². The fraction of sp³-hybridized carbons (Fsp3) is 0.682. The molecule has 3 heteroatoms. The first kappa shape index (κ1) is 21.5. The highest BCUT2D eigenvalue weighted by molar-refractivity contribution is 5.81. The molecule has 1 N–H and O–H groups in total. The van der Waals surface area contributed by atoms with Crippen LogP contribution in [0.4, 0.5) is 0 Å². The van der Waals surface area contributed by atoms with Gasteiger partial charge in [0.1, 0.15) is 5.75 Å². The molecule has 0 bridgehead atoms. The highest BCUT2D eigenvalue weighted by atomic mass is 16.5. The molecule has 0 unspecified atom stereocenters. The van der Waals surface area contributed by atoms with E-state index in [1.165, 1.54) is 31.2 Å². The zero-order valence-corrected chi connectivity index (χ0v) is 16.9. The molecule has 1 rings (SSSR count). The first-order chi connectivity index (χ1) is 11.9. The second-order valence-electron chi connectivity index (χ2n) is 7.77. The summed E-state index contributed by atoms with van der Waals surface area (Å²) in [6.07, 6.45) is 7.81. The van der Waals surface area contributed by atoms with E-state index in [0.29, 0.717) is 6.61 Å². The summed E-state index contributed by atoms with van der Waals surface area (Å²) in [5, 5.41) is 3.10. The maximum atomic E-state index is 12.4. The zero-order chi connectivity index (χ0) is 18.7. The van der Waals surface area contributed by atoms with Gasteiger partial charge in [0.05, 0.1) is 6.61 Å². The van der Waals surface area contributed by atoms with Crippen LogP contribution in [0.2, 0.25) is 0 Å². The summed E-state index contributed by atoms with van der Waals surface area (Å²) < 4.78 is 5.90. The molecule has 0 saturated carbocycles. The molecule has 0 heterocycles. The van der Waals surface area contributed by atoms with Gasteiger partial charge in [-0.15, -0.1) is 0 Å². The maximum Gasteiger partial charge on any atom is 0.225 e. The minimum Gasteiger partial charge on any atom is -0.493 e. The minimum absolute atomic E-state index is 0.162. The first-order valence-corrected chi connectivity index (χ1v) is 9.85. The topological polar surface area (TPSA) is 38.3 Å². The predicted octanol–water partition coefficient (Wildman–Crippen LogP) is 5.58. The van der Waals surface area contributed by atoms with Crippen LogP contribution in [0.25, 0.3) is 0 Å². The molecule has 0 fully saturated rings. The number of hydrogen-bond acceptors (Lipinski definition) is 2. The van der Waals surface area contributed by atoms with Crippen LogP contribution in [0.5, 0.6) is 5.75 Å². The van der Waals surface area contributed by atoms with Crippen molar-refractivity contribution in [1.82, 2.24) is 5.32 Å². The van der Waals surface area contributed by atoms with E-state index in [1.807, 2.05) is 13.8 Å². The third-order valence-corrected chi connectivity index (χ3v) is 4.73. The molecular formula is C22H37NO2. The Labute approximate surface area is 154 Å². The SMILES string of the molecule is CCCCCCCNC(=O)C(C)(C)CCCOc1cc(C)ccc1C. The van der Waals surface area contributed by atoms with Crippen LogP contribution in [-0.2, 0) is 4.79 Å². The molecule has 1 aromatic rings. The molecule has 1 amide bonds. The fourth-order valence-corrected chi connectivity index (χ4v) is 2.84. The second-order valence-corrected chi connectivity index (χ2v) is 7.77. The van der Waals surface area contributed by atoms with Gasteiger partial charge in [-0.25, -0.2) is 0 Å². The van der Waals surface area contributed by atoms with Gasteiger partial charge in [-0.1, -0.05) is 58.6 Å². The Morgan fingerprint density at radius 2 is 1.80 bits per heavy atom. The average molecular weight is 348 g/mol. The molecule has 142 valence electrons. The molecule has 3 nitrogen and oxygen atoms in total. The molecule has 0 radical (unpaired) electrons. The van der Waals surface area contributed by atoms with Crippen LogP contribution < -0.4 is 10.1 Å². The van der Waals surface area contributed by atoms with Crippen molar-refractivity contribution in [2.45, 2.75) is 79.6 Å². The fourth-order valence-electron chi connectivity index (χ4n) is 2.84. The standard InChI is InChI=1S/C22H37NO2/c1-6-7-8-9-10-15-23-21(24)22(4,5)14-11-16-25-20-17-18(2)12-13-19(20)3/h12-13,17H,6-11,14-16H2,1-5H3,(H,23,24). The number of ether oxygens (including phenoxy) is 1. The Morgan fingerprint density at radius 3 is 2.52 bits per heavy atom. The van der Waals surface area contributed by atoms with E-state index in [-0.39, 0.29) is 11.3 Å². The van der Waals surface area contributed by atoms with Crippen LogP contribution >= 0.6 is 0 Å². The molecule has 0 spiro atoms. The Hall–Kier alpha value is -1.51. The van der Waals surface area contributed by atoms with Crippen LogP contribution in [0.1, 0.15) is 76.8 Å². The van der Waals surface area contributed by atoms with Crippen molar-refractivity contribution < 1.29 is 9.53 Å². The summed E-state index contributed by atoms with van der Waals surface area (Å²) in [5.74, 6) is 1.11. The van der Waals surface area contributed by atoms with Crippen molar-refractivity contribution in [3.8, 4) is 5.75 Å². The van der Waals surface area contributed by atoms with Gasteiger partial charge in [-0.3, -0.25) is 4.79 Å². The minimum atomic E-state index is -0.339. The van der Waals surface area contributed by atoms with E-state index >= 15 is 0 Å². The molecule has 0 saturated heterocycles. The van der Waals surface area contributed by atoms with Gasteiger partial charge in [0.15, 0.2) is 0 Å². The average Bonchev–Trinajstić information content (AvgIpc) is 2.57. The van der Waals surface area contributed by atoms with Crippen LogP contribution in [0.3, 0.4) is 0 Å². The van der Waals surface area contributed by atoms with Gasteiger partial charge in [0, 0.05) is 12.0 Å². The lowest BCUT2D eigenvalue weighted by atomic mass is 9.87. The summed E-state index contributed by atoms with van der Waals surface area (Å²) in [6.45, 7) is 11.8. The lowest BCUT2D eigenvalue weighted by Gasteiger charge is -2.23. The quantitative estimate of drug-likeness (QED) is 0.502.